The molecule has 0 aliphatic carbocycles. The van der Waals surface area contributed by atoms with Crippen LogP contribution in [-0.4, -0.2) is 35.8 Å². The monoisotopic (exact) mass is 342 g/mol. The van der Waals surface area contributed by atoms with Crippen LogP contribution in [0.1, 0.15) is 34.3 Å². The van der Waals surface area contributed by atoms with Crippen LogP contribution in [0.2, 0.25) is 5.02 Å². The molecule has 0 atom stereocenters. The third-order valence-electron chi connectivity index (χ3n) is 4.49. The lowest BCUT2D eigenvalue weighted by molar-refractivity contribution is 0.0785. The van der Waals surface area contributed by atoms with Crippen LogP contribution in [0.4, 0.5) is 0 Å². The molecule has 0 bridgehead atoms. The second-order valence-electron chi connectivity index (χ2n) is 6.47. The molecule has 0 N–H and O–H groups in total. The van der Waals surface area contributed by atoms with Gasteiger partial charge in [-0.2, -0.15) is 0 Å². The second-order valence-corrected chi connectivity index (χ2v) is 6.90. The van der Waals surface area contributed by atoms with E-state index in [9.17, 15) is 4.79 Å². The highest BCUT2D eigenvalue weighted by atomic mass is 35.5. The lowest BCUT2D eigenvalue weighted by Gasteiger charge is -2.18. The summed E-state index contributed by atoms with van der Waals surface area (Å²) in [6.45, 7) is 3.93. The van der Waals surface area contributed by atoms with Crippen molar-refractivity contribution in [1.82, 2.24) is 9.80 Å². The maximum absolute atomic E-state index is 12.6. The van der Waals surface area contributed by atoms with E-state index in [0.717, 1.165) is 17.7 Å². The van der Waals surface area contributed by atoms with Gasteiger partial charge < -0.3 is 4.90 Å². The molecule has 2 aromatic carbocycles. The lowest BCUT2D eigenvalue weighted by Crippen LogP contribution is -2.26. The molecule has 0 radical (unpaired) electrons. The molecular formula is C20H23ClN2O. The van der Waals surface area contributed by atoms with E-state index in [4.69, 9.17) is 11.6 Å². The van der Waals surface area contributed by atoms with Crippen molar-refractivity contribution in [1.29, 1.82) is 0 Å². The molecule has 1 saturated heterocycles. The van der Waals surface area contributed by atoms with Gasteiger partial charge in [-0.1, -0.05) is 35.9 Å². The first kappa shape index (κ1) is 17.0. The standard InChI is InChI=1S/C20H23ClN2O/c1-22(14-16-6-10-19(21)11-7-16)20(24)18-8-4-17(5-9-18)15-23-12-2-3-13-23/h4-11H,2-3,12-15H2,1H3. The van der Waals surface area contributed by atoms with E-state index in [2.05, 4.69) is 17.0 Å². The van der Waals surface area contributed by atoms with E-state index >= 15 is 0 Å². The first-order chi connectivity index (χ1) is 11.6. The Balaban J connectivity index is 1.60. The van der Waals surface area contributed by atoms with Gasteiger partial charge in [-0.25, -0.2) is 0 Å². The Morgan fingerprint density at radius 3 is 2.21 bits per heavy atom. The number of benzene rings is 2. The van der Waals surface area contributed by atoms with E-state index < -0.39 is 0 Å². The van der Waals surface area contributed by atoms with Crippen molar-refractivity contribution in [3.63, 3.8) is 0 Å². The first-order valence-corrected chi connectivity index (χ1v) is 8.81. The number of hydrogen-bond donors (Lipinski definition) is 0. The minimum absolute atomic E-state index is 0.0395. The molecule has 0 spiro atoms. The van der Waals surface area contributed by atoms with Crippen LogP contribution in [0.5, 0.6) is 0 Å². The van der Waals surface area contributed by atoms with E-state index in [1.54, 1.807) is 4.90 Å². The van der Waals surface area contributed by atoms with Crippen LogP contribution in [-0.2, 0) is 13.1 Å². The Kier molecular flexibility index (Phi) is 5.54. The topological polar surface area (TPSA) is 23.6 Å². The van der Waals surface area contributed by atoms with Crippen LogP contribution >= 0.6 is 11.6 Å². The summed E-state index contributed by atoms with van der Waals surface area (Å²) < 4.78 is 0. The predicted molar refractivity (Wildman–Crippen MR) is 98.2 cm³/mol. The van der Waals surface area contributed by atoms with Gasteiger partial charge in [-0.05, 0) is 61.3 Å². The molecule has 2 aromatic rings. The van der Waals surface area contributed by atoms with Crippen LogP contribution in [0.3, 0.4) is 0 Å². The fourth-order valence-corrected chi connectivity index (χ4v) is 3.23. The van der Waals surface area contributed by atoms with Gasteiger partial charge in [-0.15, -0.1) is 0 Å². The minimum atomic E-state index is 0.0395. The predicted octanol–water partition coefficient (Wildman–Crippen LogP) is 4.21. The molecule has 1 aliphatic heterocycles. The highest BCUT2D eigenvalue weighted by molar-refractivity contribution is 6.30. The molecule has 0 saturated carbocycles. The van der Waals surface area contributed by atoms with E-state index in [0.29, 0.717) is 11.6 Å². The SMILES string of the molecule is CN(Cc1ccc(Cl)cc1)C(=O)c1ccc(CN2CCCC2)cc1. The summed E-state index contributed by atoms with van der Waals surface area (Å²) in [6.07, 6.45) is 2.60. The van der Waals surface area contributed by atoms with Gasteiger partial charge in [-0.3, -0.25) is 9.69 Å². The van der Waals surface area contributed by atoms with Crippen molar-refractivity contribution >= 4 is 17.5 Å². The molecule has 1 fully saturated rings. The second kappa shape index (κ2) is 7.82. The Labute approximate surface area is 148 Å². The maximum Gasteiger partial charge on any atom is 0.253 e. The van der Waals surface area contributed by atoms with Crippen LogP contribution in [0.15, 0.2) is 48.5 Å². The van der Waals surface area contributed by atoms with Crippen molar-refractivity contribution in [3.05, 3.63) is 70.2 Å². The summed E-state index contributed by atoms with van der Waals surface area (Å²) in [7, 11) is 1.83. The molecule has 4 heteroatoms. The highest BCUT2D eigenvalue weighted by Crippen LogP contribution is 2.15. The van der Waals surface area contributed by atoms with Gasteiger partial charge in [0.15, 0.2) is 0 Å². The van der Waals surface area contributed by atoms with Crippen molar-refractivity contribution in [2.75, 3.05) is 20.1 Å². The van der Waals surface area contributed by atoms with Crippen molar-refractivity contribution in [2.24, 2.45) is 0 Å². The quantitative estimate of drug-likeness (QED) is 0.812. The third kappa shape index (κ3) is 4.37. The third-order valence-corrected chi connectivity index (χ3v) is 4.74. The van der Waals surface area contributed by atoms with Gasteiger partial charge in [0.05, 0.1) is 0 Å². The number of hydrogen-bond acceptors (Lipinski definition) is 2. The number of nitrogens with zero attached hydrogens (tertiary/aromatic N) is 2. The van der Waals surface area contributed by atoms with Crippen molar-refractivity contribution in [2.45, 2.75) is 25.9 Å². The first-order valence-electron chi connectivity index (χ1n) is 8.43. The zero-order chi connectivity index (χ0) is 16.9. The van der Waals surface area contributed by atoms with Crippen molar-refractivity contribution < 1.29 is 4.79 Å². The minimum Gasteiger partial charge on any atom is -0.337 e. The van der Waals surface area contributed by atoms with Crippen LogP contribution in [0.25, 0.3) is 0 Å². The molecule has 1 heterocycles. The van der Waals surface area contributed by atoms with Crippen LogP contribution < -0.4 is 0 Å². The number of halogens is 1. The zero-order valence-electron chi connectivity index (χ0n) is 14.0. The highest BCUT2D eigenvalue weighted by Gasteiger charge is 2.14. The number of carbonyl (C=O) groups is 1. The van der Waals surface area contributed by atoms with Gasteiger partial charge in [0.25, 0.3) is 5.91 Å². The molecule has 24 heavy (non-hydrogen) atoms. The van der Waals surface area contributed by atoms with Gasteiger partial charge in [0.2, 0.25) is 0 Å². The number of likely N-dealkylation sites (tertiary alicyclic amines) is 1. The largest absolute Gasteiger partial charge is 0.337 e. The van der Waals surface area contributed by atoms with E-state index in [1.165, 1.54) is 31.5 Å². The number of carbonyl (C=O) groups excluding carboxylic acids is 1. The normalized spacial score (nSPS) is 14.8. The number of rotatable bonds is 5. The summed E-state index contributed by atoms with van der Waals surface area (Å²) >= 11 is 5.90. The summed E-state index contributed by atoms with van der Waals surface area (Å²) in [5.41, 5.74) is 3.08. The maximum atomic E-state index is 12.6. The Hall–Kier alpha value is -1.84. The number of amides is 1. The molecule has 3 nitrogen and oxygen atoms in total. The summed E-state index contributed by atoms with van der Waals surface area (Å²) in [4.78, 5) is 16.8. The smallest absolute Gasteiger partial charge is 0.253 e. The molecule has 1 aliphatic rings. The Morgan fingerprint density at radius 2 is 1.58 bits per heavy atom. The van der Waals surface area contributed by atoms with Crippen LogP contribution in [0, 0.1) is 0 Å². The molecule has 0 aromatic heterocycles. The summed E-state index contributed by atoms with van der Waals surface area (Å²) in [5, 5.41) is 0.710. The average molecular weight is 343 g/mol. The average Bonchev–Trinajstić information content (AvgIpc) is 3.10. The molecule has 1 amide bonds. The fraction of sp³-hybridized carbons (Fsp3) is 0.350. The summed E-state index contributed by atoms with van der Waals surface area (Å²) in [5.74, 6) is 0.0395. The molecule has 0 unspecified atom stereocenters. The zero-order valence-corrected chi connectivity index (χ0v) is 14.8. The van der Waals surface area contributed by atoms with E-state index in [1.807, 2.05) is 43.4 Å². The Bertz CT molecular complexity index is 676. The molecular weight excluding hydrogens is 320 g/mol. The van der Waals surface area contributed by atoms with Gasteiger partial charge >= 0.3 is 0 Å². The van der Waals surface area contributed by atoms with Crippen molar-refractivity contribution in [3.8, 4) is 0 Å². The lowest BCUT2D eigenvalue weighted by atomic mass is 10.1. The summed E-state index contributed by atoms with van der Waals surface area (Å²) in [6, 6.07) is 15.6. The fourth-order valence-electron chi connectivity index (χ4n) is 3.11. The van der Waals surface area contributed by atoms with Gasteiger partial charge in [0, 0.05) is 30.7 Å². The molecule has 126 valence electrons. The Morgan fingerprint density at radius 1 is 1.00 bits per heavy atom. The van der Waals surface area contributed by atoms with Gasteiger partial charge in [0.1, 0.15) is 0 Å². The molecule has 3 rings (SSSR count). The van der Waals surface area contributed by atoms with E-state index in [-0.39, 0.29) is 5.91 Å².